The zero-order chi connectivity index (χ0) is 19.5. The van der Waals surface area contributed by atoms with Crippen LogP contribution in [0.25, 0.3) is 22.1 Å². The number of hydrazone groups is 1. The fourth-order valence-corrected chi connectivity index (χ4v) is 2.98. The van der Waals surface area contributed by atoms with Gasteiger partial charge in [-0.05, 0) is 47.9 Å². The molecule has 0 fully saturated rings. The number of nitrogens with one attached hydrogen (secondary N) is 2. The highest BCUT2D eigenvalue weighted by molar-refractivity contribution is 6.03. The molecule has 4 aromatic rings. The molecule has 8 nitrogen and oxygen atoms in total. The average Bonchev–Trinajstić information content (AvgIpc) is 3.10. The lowest BCUT2D eigenvalue weighted by atomic mass is 10.1. The van der Waals surface area contributed by atoms with Crippen molar-refractivity contribution in [1.29, 1.82) is 0 Å². The van der Waals surface area contributed by atoms with E-state index in [1.807, 2.05) is 24.3 Å². The minimum absolute atomic E-state index is 0.312. The van der Waals surface area contributed by atoms with Gasteiger partial charge >= 0.3 is 0 Å². The van der Waals surface area contributed by atoms with Crippen LogP contribution in [-0.2, 0) is 6.42 Å². The third-order valence-electron chi connectivity index (χ3n) is 4.47. The number of aromatic nitrogens is 4. The lowest BCUT2D eigenvalue weighted by Crippen LogP contribution is -1.99. The molecule has 0 radical (unpaired) electrons. The third-order valence-corrected chi connectivity index (χ3v) is 4.47. The summed E-state index contributed by atoms with van der Waals surface area (Å²) in [7, 11) is 3.19. The minimum atomic E-state index is 0.312. The third kappa shape index (κ3) is 3.32. The first-order valence-electron chi connectivity index (χ1n) is 8.88. The molecule has 0 bridgehead atoms. The molecule has 2 N–H and O–H groups in total. The number of benzene rings is 2. The molecule has 2 heterocycles. The van der Waals surface area contributed by atoms with E-state index in [0.29, 0.717) is 23.1 Å². The van der Waals surface area contributed by atoms with Crippen LogP contribution in [-0.4, -0.2) is 40.6 Å². The van der Waals surface area contributed by atoms with Crippen LogP contribution >= 0.6 is 0 Å². The van der Waals surface area contributed by atoms with Crippen molar-refractivity contribution in [2.45, 2.75) is 13.3 Å². The van der Waals surface area contributed by atoms with Crippen LogP contribution in [0.1, 0.15) is 18.1 Å². The minimum Gasteiger partial charge on any atom is -0.493 e. The van der Waals surface area contributed by atoms with Gasteiger partial charge in [0.25, 0.3) is 5.95 Å². The summed E-state index contributed by atoms with van der Waals surface area (Å²) in [6, 6.07) is 11.8. The molecule has 4 rings (SSSR count). The molecule has 142 valence electrons. The van der Waals surface area contributed by atoms with Gasteiger partial charge < -0.3 is 14.5 Å². The van der Waals surface area contributed by atoms with Gasteiger partial charge in [-0.1, -0.05) is 13.0 Å². The normalized spacial score (nSPS) is 11.4. The zero-order valence-electron chi connectivity index (χ0n) is 15.9. The number of nitrogens with zero attached hydrogens (tertiary/aromatic N) is 4. The van der Waals surface area contributed by atoms with Crippen molar-refractivity contribution in [2.24, 2.45) is 5.10 Å². The SMILES string of the molecule is CCc1ccc2[nH]c3nc(N/N=C\c4ccc(OC)c(OC)c4)nnc3c2c1. The van der Waals surface area contributed by atoms with Gasteiger partial charge in [0.15, 0.2) is 17.1 Å². The van der Waals surface area contributed by atoms with E-state index in [1.54, 1.807) is 20.4 Å². The Labute approximate surface area is 161 Å². The first-order valence-corrected chi connectivity index (χ1v) is 8.88. The van der Waals surface area contributed by atoms with E-state index in [9.17, 15) is 0 Å². The van der Waals surface area contributed by atoms with E-state index in [-0.39, 0.29) is 0 Å². The first kappa shape index (κ1) is 17.7. The largest absolute Gasteiger partial charge is 0.493 e. The summed E-state index contributed by atoms with van der Waals surface area (Å²) in [5.41, 5.74) is 7.31. The van der Waals surface area contributed by atoms with Gasteiger partial charge in [-0.2, -0.15) is 10.1 Å². The second-order valence-corrected chi connectivity index (χ2v) is 6.18. The van der Waals surface area contributed by atoms with E-state index >= 15 is 0 Å². The first-order chi connectivity index (χ1) is 13.7. The van der Waals surface area contributed by atoms with Gasteiger partial charge in [0.1, 0.15) is 5.52 Å². The van der Waals surface area contributed by atoms with Gasteiger partial charge in [-0.3, -0.25) is 0 Å². The van der Waals surface area contributed by atoms with Crippen molar-refractivity contribution in [3.63, 3.8) is 0 Å². The Morgan fingerprint density at radius 2 is 1.93 bits per heavy atom. The average molecular weight is 376 g/mol. The number of ether oxygens (including phenoxy) is 2. The summed E-state index contributed by atoms with van der Waals surface area (Å²) in [5, 5.41) is 13.6. The molecule has 2 aromatic carbocycles. The molecular weight excluding hydrogens is 356 g/mol. The van der Waals surface area contributed by atoms with Crippen LogP contribution in [0.3, 0.4) is 0 Å². The van der Waals surface area contributed by atoms with Gasteiger partial charge in [-0.25, -0.2) is 5.43 Å². The number of H-pyrrole nitrogens is 1. The second-order valence-electron chi connectivity index (χ2n) is 6.18. The number of hydrogen-bond acceptors (Lipinski definition) is 7. The second kappa shape index (κ2) is 7.51. The topological polar surface area (TPSA) is 97.3 Å². The number of anilines is 1. The number of methoxy groups -OCH3 is 2. The Bertz CT molecular complexity index is 1170. The van der Waals surface area contributed by atoms with Crippen molar-refractivity contribution in [2.75, 3.05) is 19.6 Å². The van der Waals surface area contributed by atoms with Gasteiger partial charge in [-0.15, -0.1) is 10.2 Å². The molecule has 0 amide bonds. The standard InChI is InChI=1S/C20H20N6O2/c1-4-12-5-7-15-14(9-12)18-19(22-15)23-20(26-24-18)25-21-11-13-6-8-16(27-2)17(10-13)28-3/h5-11H,4H2,1-3H3,(H2,22,23,25,26)/b21-11-. The fourth-order valence-electron chi connectivity index (χ4n) is 2.98. The molecule has 0 saturated heterocycles. The summed E-state index contributed by atoms with van der Waals surface area (Å²) >= 11 is 0. The smallest absolute Gasteiger partial charge is 0.265 e. The molecule has 0 atom stereocenters. The highest BCUT2D eigenvalue weighted by Gasteiger charge is 2.09. The molecule has 0 unspecified atom stereocenters. The summed E-state index contributed by atoms with van der Waals surface area (Å²) in [6.07, 6.45) is 2.61. The van der Waals surface area contributed by atoms with Crippen LogP contribution in [0.15, 0.2) is 41.5 Å². The highest BCUT2D eigenvalue weighted by atomic mass is 16.5. The maximum Gasteiger partial charge on any atom is 0.265 e. The van der Waals surface area contributed by atoms with Crippen molar-refractivity contribution >= 4 is 34.2 Å². The molecule has 0 saturated carbocycles. The fraction of sp³-hybridized carbons (Fsp3) is 0.200. The quantitative estimate of drug-likeness (QED) is 0.395. The lowest BCUT2D eigenvalue weighted by Gasteiger charge is -2.07. The van der Waals surface area contributed by atoms with Crippen LogP contribution in [0.5, 0.6) is 11.5 Å². The van der Waals surface area contributed by atoms with Crippen molar-refractivity contribution in [1.82, 2.24) is 20.2 Å². The summed E-state index contributed by atoms with van der Waals surface area (Å²) in [4.78, 5) is 7.73. The Kier molecular flexibility index (Phi) is 4.76. The molecular formula is C20H20N6O2. The van der Waals surface area contributed by atoms with E-state index in [0.717, 1.165) is 28.4 Å². The van der Waals surface area contributed by atoms with Crippen LogP contribution in [0.2, 0.25) is 0 Å². The number of hydrogen-bond donors (Lipinski definition) is 2. The van der Waals surface area contributed by atoms with E-state index in [4.69, 9.17) is 9.47 Å². The predicted molar refractivity (Wildman–Crippen MR) is 109 cm³/mol. The Balaban J connectivity index is 1.56. The monoisotopic (exact) mass is 376 g/mol. The molecule has 0 aliphatic carbocycles. The van der Waals surface area contributed by atoms with Gasteiger partial charge in [0.2, 0.25) is 0 Å². The summed E-state index contributed by atoms with van der Waals surface area (Å²) < 4.78 is 10.5. The number of rotatable bonds is 6. The summed E-state index contributed by atoms with van der Waals surface area (Å²) in [5.74, 6) is 1.61. The van der Waals surface area contributed by atoms with E-state index in [1.165, 1.54) is 5.56 Å². The van der Waals surface area contributed by atoms with Crippen LogP contribution in [0.4, 0.5) is 5.95 Å². The molecule has 8 heteroatoms. The van der Waals surface area contributed by atoms with E-state index in [2.05, 4.69) is 49.7 Å². The van der Waals surface area contributed by atoms with Crippen LogP contribution in [0, 0.1) is 0 Å². The maximum absolute atomic E-state index is 5.29. The molecule has 0 aliphatic heterocycles. The molecule has 0 aliphatic rings. The summed E-state index contributed by atoms with van der Waals surface area (Å²) in [6.45, 7) is 2.12. The maximum atomic E-state index is 5.29. The Hall–Kier alpha value is -3.68. The molecule has 2 aromatic heterocycles. The van der Waals surface area contributed by atoms with Crippen molar-refractivity contribution < 1.29 is 9.47 Å². The highest BCUT2D eigenvalue weighted by Crippen LogP contribution is 2.27. The Morgan fingerprint density at radius 3 is 2.71 bits per heavy atom. The van der Waals surface area contributed by atoms with Crippen molar-refractivity contribution in [3.05, 3.63) is 47.5 Å². The lowest BCUT2D eigenvalue weighted by molar-refractivity contribution is 0.355. The Morgan fingerprint density at radius 1 is 1.07 bits per heavy atom. The number of aryl methyl sites for hydroxylation is 1. The number of aromatic amines is 1. The van der Waals surface area contributed by atoms with E-state index < -0.39 is 0 Å². The van der Waals surface area contributed by atoms with Gasteiger partial charge in [0, 0.05) is 10.9 Å². The van der Waals surface area contributed by atoms with Gasteiger partial charge in [0.05, 0.1) is 20.4 Å². The van der Waals surface area contributed by atoms with Crippen LogP contribution < -0.4 is 14.9 Å². The predicted octanol–water partition coefficient (Wildman–Crippen LogP) is 3.53. The zero-order valence-corrected chi connectivity index (χ0v) is 15.9. The molecule has 28 heavy (non-hydrogen) atoms. The van der Waals surface area contributed by atoms with Crippen molar-refractivity contribution in [3.8, 4) is 11.5 Å². The number of fused-ring (bicyclic) bond motifs is 3. The molecule has 0 spiro atoms.